The van der Waals surface area contributed by atoms with Gasteiger partial charge in [-0.3, -0.25) is 19.2 Å². The van der Waals surface area contributed by atoms with Gasteiger partial charge in [0, 0.05) is 32.1 Å². The third kappa shape index (κ3) is 4.54. The van der Waals surface area contributed by atoms with E-state index in [2.05, 4.69) is 10.6 Å². The van der Waals surface area contributed by atoms with Crippen LogP contribution in [0.5, 0.6) is 0 Å². The number of amides is 4. The highest BCUT2D eigenvalue weighted by Gasteiger charge is 2.37. The second kappa shape index (κ2) is 8.73. The Morgan fingerprint density at radius 1 is 1.21 bits per heavy atom. The second-order valence-electron chi connectivity index (χ2n) is 7.16. The highest BCUT2D eigenvalue weighted by molar-refractivity contribution is 5.96. The average molecular weight is 397 g/mol. The lowest BCUT2D eigenvalue weighted by molar-refractivity contribution is -0.143. The van der Waals surface area contributed by atoms with E-state index in [1.165, 1.54) is 16.7 Å². The number of carbonyl (C=O) groups excluding carboxylic acids is 4. The fourth-order valence-electron chi connectivity index (χ4n) is 3.62. The molecule has 1 aromatic rings. The molecule has 0 spiro atoms. The van der Waals surface area contributed by atoms with Gasteiger partial charge in [0.15, 0.2) is 0 Å². The standard InChI is InChI=1S/C20H23N5O4/c1-13(26)25-10-9-24(20(29)15-6-4-14(11-21)5-7-15)12-17(25)19(28)23-16-3-2-8-22-18(16)27/h4-7,16-17H,2-3,8-10,12H2,1H3,(H,22,27)(H,23,28)/t16-,17-/m0/s1. The number of carbonyl (C=O) groups is 4. The highest BCUT2D eigenvalue weighted by Crippen LogP contribution is 2.16. The molecule has 29 heavy (non-hydrogen) atoms. The Morgan fingerprint density at radius 3 is 2.55 bits per heavy atom. The van der Waals surface area contributed by atoms with Gasteiger partial charge in [-0.15, -0.1) is 0 Å². The molecule has 2 saturated heterocycles. The number of hydrogen-bond acceptors (Lipinski definition) is 5. The number of nitrogens with zero attached hydrogens (tertiary/aromatic N) is 3. The fraction of sp³-hybridized carbons (Fsp3) is 0.450. The Balaban J connectivity index is 1.73. The van der Waals surface area contributed by atoms with E-state index in [4.69, 9.17) is 5.26 Å². The lowest BCUT2D eigenvalue weighted by Crippen LogP contribution is -2.63. The van der Waals surface area contributed by atoms with Crippen LogP contribution in [0.1, 0.15) is 35.7 Å². The number of benzene rings is 1. The molecule has 0 saturated carbocycles. The maximum absolute atomic E-state index is 12.9. The van der Waals surface area contributed by atoms with Gasteiger partial charge >= 0.3 is 0 Å². The van der Waals surface area contributed by atoms with Crippen molar-refractivity contribution in [1.29, 1.82) is 5.26 Å². The summed E-state index contributed by atoms with van der Waals surface area (Å²) < 4.78 is 0. The van der Waals surface area contributed by atoms with Crippen molar-refractivity contribution in [2.75, 3.05) is 26.2 Å². The van der Waals surface area contributed by atoms with Crippen molar-refractivity contribution in [2.24, 2.45) is 0 Å². The summed E-state index contributed by atoms with van der Waals surface area (Å²) in [6.45, 7) is 2.53. The van der Waals surface area contributed by atoms with Crippen LogP contribution in [0.3, 0.4) is 0 Å². The van der Waals surface area contributed by atoms with Crippen LogP contribution in [-0.4, -0.2) is 71.7 Å². The van der Waals surface area contributed by atoms with Gasteiger partial charge in [-0.1, -0.05) is 0 Å². The molecule has 152 valence electrons. The molecular weight excluding hydrogens is 374 g/mol. The molecule has 2 fully saturated rings. The van der Waals surface area contributed by atoms with Gasteiger partial charge in [0.05, 0.1) is 18.2 Å². The SMILES string of the molecule is CC(=O)N1CCN(C(=O)c2ccc(C#N)cc2)C[C@H]1C(=O)N[C@H]1CCCNC1=O. The predicted molar refractivity (Wildman–Crippen MR) is 102 cm³/mol. The van der Waals surface area contributed by atoms with Crippen molar-refractivity contribution < 1.29 is 19.2 Å². The average Bonchev–Trinajstić information content (AvgIpc) is 2.74. The summed E-state index contributed by atoms with van der Waals surface area (Å²) in [5.74, 6) is -1.21. The molecule has 1 aromatic carbocycles. The summed E-state index contributed by atoms with van der Waals surface area (Å²) >= 11 is 0. The van der Waals surface area contributed by atoms with Gasteiger partial charge in [0.2, 0.25) is 17.7 Å². The molecule has 9 nitrogen and oxygen atoms in total. The molecular formula is C20H23N5O4. The Hall–Kier alpha value is -3.41. The fourth-order valence-corrected chi connectivity index (χ4v) is 3.62. The van der Waals surface area contributed by atoms with Gasteiger partial charge in [-0.2, -0.15) is 5.26 Å². The van der Waals surface area contributed by atoms with Gasteiger partial charge in [-0.25, -0.2) is 0 Å². The lowest BCUT2D eigenvalue weighted by atomic mass is 10.0. The first kappa shape index (κ1) is 20.3. The van der Waals surface area contributed by atoms with Crippen LogP contribution in [0.25, 0.3) is 0 Å². The summed E-state index contributed by atoms with van der Waals surface area (Å²) in [4.78, 5) is 52.6. The van der Waals surface area contributed by atoms with E-state index in [0.29, 0.717) is 30.6 Å². The maximum atomic E-state index is 12.9. The van der Waals surface area contributed by atoms with Gasteiger partial charge in [0.1, 0.15) is 12.1 Å². The summed E-state index contributed by atoms with van der Waals surface area (Å²) in [7, 11) is 0. The number of piperidine rings is 1. The number of hydrogen-bond donors (Lipinski definition) is 2. The molecule has 4 amide bonds. The van der Waals surface area contributed by atoms with Gasteiger partial charge in [0.25, 0.3) is 5.91 Å². The minimum atomic E-state index is -0.863. The van der Waals surface area contributed by atoms with Crippen LogP contribution in [0.4, 0.5) is 0 Å². The molecule has 0 unspecified atom stereocenters. The minimum absolute atomic E-state index is 0.0403. The number of nitriles is 1. The first-order valence-corrected chi connectivity index (χ1v) is 9.55. The molecule has 0 aromatic heterocycles. The molecule has 2 aliphatic heterocycles. The summed E-state index contributed by atoms with van der Waals surface area (Å²) in [5.41, 5.74) is 0.858. The Labute approximate surface area is 168 Å². The van der Waals surface area contributed by atoms with Crippen LogP contribution in [-0.2, 0) is 14.4 Å². The molecule has 0 bridgehead atoms. The van der Waals surface area contributed by atoms with Crippen molar-refractivity contribution in [3.05, 3.63) is 35.4 Å². The molecule has 2 aliphatic rings. The zero-order valence-corrected chi connectivity index (χ0v) is 16.2. The first-order chi connectivity index (χ1) is 13.9. The monoisotopic (exact) mass is 397 g/mol. The van der Waals surface area contributed by atoms with E-state index in [-0.39, 0.29) is 30.8 Å². The van der Waals surface area contributed by atoms with Gasteiger partial charge in [-0.05, 0) is 37.1 Å². The number of rotatable bonds is 3. The van der Waals surface area contributed by atoms with Crippen molar-refractivity contribution in [3.8, 4) is 6.07 Å². The molecule has 2 atom stereocenters. The number of piperazine rings is 1. The molecule has 3 rings (SSSR count). The normalized spacial score (nSPS) is 21.7. The molecule has 0 aliphatic carbocycles. The molecule has 2 heterocycles. The Kier molecular flexibility index (Phi) is 6.12. The molecule has 0 radical (unpaired) electrons. The lowest BCUT2D eigenvalue weighted by Gasteiger charge is -2.40. The maximum Gasteiger partial charge on any atom is 0.253 e. The smallest absolute Gasteiger partial charge is 0.253 e. The summed E-state index contributed by atoms with van der Waals surface area (Å²) in [6.07, 6.45) is 1.30. The van der Waals surface area contributed by atoms with Crippen LogP contribution in [0, 0.1) is 11.3 Å². The van der Waals surface area contributed by atoms with Crippen molar-refractivity contribution in [1.82, 2.24) is 20.4 Å². The largest absolute Gasteiger partial charge is 0.354 e. The summed E-state index contributed by atoms with van der Waals surface area (Å²) in [5, 5.41) is 14.3. The zero-order valence-electron chi connectivity index (χ0n) is 16.2. The van der Waals surface area contributed by atoms with E-state index in [1.54, 1.807) is 24.3 Å². The van der Waals surface area contributed by atoms with Crippen LogP contribution < -0.4 is 10.6 Å². The van der Waals surface area contributed by atoms with Crippen LogP contribution >= 0.6 is 0 Å². The van der Waals surface area contributed by atoms with Crippen LogP contribution in [0.2, 0.25) is 0 Å². The van der Waals surface area contributed by atoms with E-state index >= 15 is 0 Å². The van der Waals surface area contributed by atoms with Crippen LogP contribution in [0.15, 0.2) is 24.3 Å². The quantitative estimate of drug-likeness (QED) is 0.720. The minimum Gasteiger partial charge on any atom is -0.354 e. The van der Waals surface area contributed by atoms with Gasteiger partial charge < -0.3 is 20.4 Å². The van der Waals surface area contributed by atoms with Crippen molar-refractivity contribution >= 4 is 23.6 Å². The zero-order chi connectivity index (χ0) is 21.0. The Bertz CT molecular complexity index is 861. The van der Waals surface area contributed by atoms with E-state index < -0.39 is 18.0 Å². The summed E-state index contributed by atoms with van der Waals surface area (Å²) in [6, 6.07) is 6.77. The highest BCUT2D eigenvalue weighted by atomic mass is 16.2. The molecule has 2 N–H and O–H groups in total. The topological polar surface area (TPSA) is 123 Å². The predicted octanol–water partition coefficient (Wildman–Crippen LogP) is -0.374. The second-order valence-corrected chi connectivity index (χ2v) is 7.16. The van der Waals surface area contributed by atoms with E-state index in [1.807, 2.05) is 6.07 Å². The Morgan fingerprint density at radius 2 is 1.93 bits per heavy atom. The third-order valence-electron chi connectivity index (χ3n) is 5.24. The third-order valence-corrected chi connectivity index (χ3v) is 5.24. The molecule has 9 heteroatoms. The van der Waals surface area contributed by atoms with E-state index in [0.717, 1.165) is 6.42 Å². The first-order valence-electron chi connectivity index (χ1n) is 9.55. The van der Waals surface area contributed by atoms with Crippen molar-refractivity contribution in [3.63, 3.8) is 0 Å². The van der Waals surface area contributed by atoms with E-state index in [9.17, 15) is 19.2 Å². The van der Waals surface area contributed by atoms with Crippen molar-refractivity contribution in [2.45, 2.75) is 31.8 Å². The number of nitrogens with one attached hydrogen (secondary N) is 2.